The molecule has 1 saturated heterocycles. The molecule has 3 rings (SSSR count). The molecule has 1 atom stereocenters. The number of hydrogen-bond acceptors (Lipinski definition) is 6. The fraction of sp³-hybridized carbons (Fsp3) is 0.478. The van der Waals surface area contributed by atoms with Crippen LogP contribution in [0.1, 0.15) is 37.6 Å². The Labute approximate surface area is 183 Å². The molecule has 1 fully saturated rings. The number of furan rings is 1. The van der Waals surface area contributed by atoms with E-state index in [1.165, 1.54) is 18.9 Å². The van der Waals surface area contributed by atoms with Gasteiger partial charge in [0.1, 0.15) is 18.1 Å². The van der Waals surface area contributed by atoms with E-state index in [1.54, 1.807) is 13.0 Å². The summed E-state index contributed by atoms with van der Waals surface area (Å²) in [5.74, 6) is -0.0598. The summed E-state index contributed by atoms with van der Waals surface area (Å²) >= 11 is 0. The normalized spacial score (nSPS) is 15.4. The van der Waals surface area contributed by atoms with Crippen molar-refractivity contribution in [1.29, 1.82) is 0 Å². The number of amides is 2. The zero-order chi connectivity index (χ0) is 22.2. The van der Waals surface area contributed by atoms with E-state index < -0.39 is 6.04 Å². The van der Waals surface area contributed by atoms with Gasteiger partial charge < -0.3 is 24.7 Å². The number of anilines is 2. The van der Waals surface area contributed by atoms with Crippen LogP contribution in [0, 0.1) is 0 Å². The third-order valence-electron chi connectivity index (χ3n) is 5.32. The van der Waals surface area contributed by atoms with Crippen molar-refractivity contribution in [3.63, 3.8) is 0 Å². The molecule has 2 heterocycles. The second kappa shape index (κ2) is 10.9. The highest BCUT2D eigenvalue weighted by Crippen LogP contribution is 2.31. The van der Waals surface area contributed by atoms with E-state index in [2.05, 4.69) is 27.4 Å². The van der Waals surface area contributed by atoms with E-state index in [4.69, 9.17) is 9.15 Å². The van der Waals surface area contributed by atoms with Crippen molar-refractivity contribution < 1.29 is 18.7 Å². The van der Waals surface area contributed by atoms with Gasteiger partial charge in [-0.3, -0.25) is 14.5 Å². The molecule has 2 N–H and O–H groups in total. The Morgan fingerprint density at radius 3 is 2.58 bits per heavy atom. The summed E-state index contributed by atoms with van der Waals surface area (Å²) in [6.45, 7) is 11.4. The van der Waals surface area contributed by atoms with Gasteiger partial charge in [-0.1, -0.05) is 6.92 Å². The molecule has 0 spiro atoms. The molecule has 0 unspecified atom stereocenters. The zero-order valence-corrected chi connectivity index (χ0v) is 18.5. The molecule has 0 saturated carbocycles. The molecule has 0 aliphatic carbocycles. The third kappa shape index (κ3) is 6.01. The van der Waals surface area contributed by atoms with E-state index in [1.807, 2.05) is 25.1 Å². The molecule has 1 aliphatic heterocycles. The molecule has 0 bridgehead atoms. The average Bonchev–Trinajstić information content (AvgIpc) is 3.31. The van der Waals surface area contributed by atoms with Crippen molar-refractivity contribution in [2.75, 3.05) is 49.5 Å². The maximum absolute atomic E-state index is 12.6. The lowest BCUT2D eigenvalue weighted by molar-refractivity contribution is -0.117. The minimum absolute atomic E-state index is 0.321. The average molecular weight is 429 g/mol. The van der Waals surface area contributed by atoms with Crippen LogP contribution in [-0.4, -0.2) is 62.1 Å². The number of carbonyl (C=O) groups excluding carboxylic acids is 2. The number of nitrogens with one attached hydrogen (secondary N) is 2. The minimum Gasteiger partial charge on any atom is -0.492 e. The minimum atomic E-state index is -0.719. The second-order valence-electron chi connectivity index (χ2n) is 7.64. The maximum atomic E-state index is 12.6. The Kier molecular flexibility index (Phi) is 7.94. The molecule has 2 amide bonds. The van der Waals surface area contributed by atoms with Crippen LogP contribution in [0.25, 0.3) is 0 Å². The molecule has 31 heavy (non-hydrogen) atoms. The summed E-state index contributed by atoms with van der Waals surface area (Å²) in [5.41, 5.74) is 2.04. The summed E-state index contributed by atoms with van der Waals surface area (Å²) in [4.78, 5) is 29.6. The first-order chi connectivity index (χ1) is 15.0. The lowest BCUT2D eigenvalue weighted by atomic mass is 10.2. The van der Waals surface area contributed by atoms with E-state index >= 15 is 0 Å². The number of nitrogens with zero attached hydrogens (tertiary/aromatic N) is 2. The Morgan fingerprint density at radius 1 is 1.16 bits per heavy atom. The summed E-state index contributed by atoms with van der Waals surface area (Å²) in [5, 5.41) is 5.54. The lowest BCUT2D eigenvalue weighted by Crippen LogP contribution is -2.46. The zero-order valence-electron chi connectivity index (χ0n) is 18.5. The molecule has 8 nitrogen and oxygen atoms in total. The first kappa shape index (κ1) is 22.7. The fourth-order valence-corrected chi connectivity index (χ4v) is 3.61. The number of piperazine rings is 1. The van der Waals surface area contributed by atoms with Crippen LogP contribution >= 0.6 is 0 Å². The molecule has 1 aromatic carbocycles. The van der Waals surface area contributed by atoms with Crippen molar-refractivity contribution >= 4 is 23.2 Å². The highest BCUT2D eigenvalue weighted by Gasteiger charge is 2.21. The van der Waals surface area contributed by atoms with Crippen molar-refractivity contribution in [3.8, 4) is 5.75 Å². The second-order valence-corrected chi connectivity index (χ2v) is 7.64. The van der Waals surface area contributed by atoms with Crippen molar-refractivity contribution in [1.82, 2.24) is 10.2 Å². The Bertz CT molecular complexity index is 860. The number of benzene rings is 1. The predicted octanol–water partition coefficient (Wildman–Crippen LogP) is 2.97. The van der Waals surface area contributed by atoms with Crippen molar-refractivity contribution in [2.24, 2.45) is 0 Å². The topological polar surface area (TPSA) is 87.1 Å². The number of ether oxygens (including phenoxy) is 1. The summed E-state index contributed by atoms with van der Waals surface area (Å²) in [6.07, 6.45) is 3.93. The van der Waals surface area contributed by atoms with E-state index in [0.717, 1.165) is 38.4 Å². The van der Waals surface area contributed by atoms with E-state index in [9.17, 15) is 9.59 Å². The lowest BCUT2D eigenvalue weighted by Gasteiger charge is -2.36. The third-order valence-corrected chi connectivity index (χ3v) is 5.32. The van der Waals surface area contributed by atoms with Gasteiger partial charge in [-0.05, 0) is 45.0 Å². The van der Waals surface area contributed by atoms with Gasteiger partial charge in [-0.2, -0.15) is 0 Å². The van der Waals surface area contributed by atoms with Crippen LogP contribution in [-0.2, 0) is 4.79 Å². The first-order valence-electron chi connectivity index (χ1n) is 10.9. The van der Waals surface area contributed by atoms with Gasteiger partial charge in [-0.15, -0.1) is 0 Å². The van der Waals surface area contributed by atoms with E-state index in [0.29, 0.717) is 23.6 Å². The molecule has 2 aromatic rings. The molecular weight excluding hydrogens is 396 g/mol. The molecule has 0 radical (unpaired) electrons. The Morgan fingerprint density at radius 2 is 1.94 bits per heavy atom. The maximum Gasteiger partial charge on any atom is 0.255 e. The Hall–Kier alpha value is -3.00. The van der Waals surface area contributed by atoms with Gasteiger partial charge in [0, 0.05) is 37.9 Å². The monoisotopic (exact) mass is 428 g/mol. The molecule has 1 aliphatic rings. The quantitative estimate of drug-likeness (QED) is 0.639. The largest absolute Gasteiger partial charge is 0.492 e. The van der Waals surface area contributed by atoms with Gasteiger partial charge in [0.25, 0.3) is 5.91 Å². The molecule has 8 heteroatoms. The Balaban J connectivity index is 1.64. The number of hydrogen-bond donors (Lipinski definition) is 2. The highest BCUT2D eigenvalue weighted by atomic mass is 16.5. The first-order valence-corrected chi connectivity index (χ1v) is 10.9. The number of carbonyl (C=O) groups is 2. The van der Waals surface area contributed by atoms with E-state index in [-0.39, 0.29) is 11.8 Å². The van der Waals surface area contributed by atoms with Crippen LogP contribution < -0.4 is 20.3 Å². The summed E-state index contributed by atoms with van der Waals surface area (Å²) < 4.78 is 10.7. The van der Waals surface area contributed by atoms with Crippen molar-refractivity contribution in [3.05, 3.63) is 42.4 Å². The predicted molar refractivity (Wildman–Crippen MR) is 121 cm³/mol. The fourth-order valence-electron chi connectivity index (χ4n) is 3.61. The van der Waals surface area contributed by atoms with Crippen LogP contribution in [0.15, 0.2) is 41.2 Å². The molecule has 168 valence electrons. The standard InChI is InChI=1S/C23H32N4O4/c1-4-9-26-10-12-27(13-11-26)19-6-7-20(21(15-19)31-5-2)25-22(28)17(3)24-23(29)18-8-14-30-16-18/h6-8,14-17H,4-5,9-13H2,1-3H3,(H,24,29)(H,25,28)/t17-/m1/s1. The molecule has 1 aromatic heterocycles. The summed E-state index contributed by atoms with van der Waals surface area (Å²) in [7, 11) is 0. The van der Waals surface area contributed by atoms with Crippen LogP contribution in [0.2, 0.25) is 0 Å². The van der Waals surface area contributed by atoms with Gasteiger partial charge in [0.05, 0.1) is 24.1 Å². The van der Waals surface area contributed by atoms with Gasteiger partial charge in [-0.25, -0.2) is 0 Å². The van der Waals surface area contributed by atoms with Crippen LogP contribution in [0.5, 0.6) is 5.75 Å². The van der Waals surface area contributed by atoms with Gasteiger partial charge in [0.2, 0.25) is 5.91 Å². The SMILES string of the molecule is CCCN1CCN(c2ccc(NC(=O)[C@@H](C)NC(=O)c3ccoc3)c(OCC)c2)CC1. The summed E-state index contributed by atoms with van der Waals surface area (Å²) in [6, 6.07) is 6.67. The number of rotatable bonds is 9. The smallest absolute Gasteiger partial charge is 0.255 e. The van der Waals surface area contributed by atoms with Gasteiger partial charge >= 0.3 is 0 Å². The van der Waals surface area contributed by atoms with Crippen LogP contribution in [0.4, 0.5) is 11.4 Å². The molecular formula is C23H32N4O4. The van der Waals surface area contributed by atoms with Crippen molar-refractivity contribution in [2.45, 2.75) is 33.2 Å². The highest BCUT2D eigenvalue weighted by molar-refractivity contribution is 6.01. The van der Waals surface area contributed by atoms with Gasteiger partial charge in [0.15, 0.2) is 0 Å². The van der Waals surface area contributed by atoms with Crippen LogP contribution in [0.3, 0.4) is 0 Å².